The Morgan fingerprint density at radius 1 is 1.35 bits per heavy atom. The van der Waals surface area contributed by atoms with Gasteiger partial charge in [0.2, 0.25) is 5.91 Å². The first-order chi connectivity index (χ1) is 8.11. The summed E-state index contributed by atoms with van der Waals surface area (Å²) < 4.78 is 0. The number of nitrogens with zero attached hydrogens (tertiary/aromatic N) is 2. The minimum absolute atomic E-state index is 0.116. The van der Waals surface area contributed by atoms with Crippen LogP contribution in [0.5, 0.6) is 0 Å². The molecule has 1 aliphatic heterocycles. The third kappa shape index (κ3) is 1.09. The molecule has 0 saturated heterocycles. The number of hydrogen-bond acceptors (Lipinski definition) is 4. The van der Waals surface area contributed by atoms with Crippen molar-refractivity contribution in [2.24, 2.45) is 0 Å². The molecular weight excluding hydrogens is 222 g/mol. The minimum atomic E-state index is -0.500. The van der Waals surface area contributed by atoms with Gasteiger partial charge < -0.3 is 0 Å². The number of aromatic nitrogens is 2. The molecule has 0 unspecified atom stereocenters. The third-order valence-electron chi connectivity index (χ3n) is 2.75. The Balaban J connectivity index is 2.51. The zero-order chi connectivity index (χ0) is 12.2. The van der Waals surface area contributed by atoms with Crippen LogP contribution in [0.2, 0.25) is 0 Å². The number of aromatic amines is 1. The second kappa shape index (κ2) is 3.00. The number of benzene rings is 1. The smallest absolute Gasteiger partial charge is 0.274 e. The topological polar surface area (TPSA) is 83.1 Å². The van der Waals surface area contributed by atoms with Crippen molar-refractivity contribution in [3.63, 3.8) is 0 Å². The number of carbonyl (C=O) groups is 2. The number of amides is 2. The van der Waals surface area contributed by atoms with Crippen LogP contribution in [0.4, 0.5) is 5.69 Å². The number of nitrogens with one attached hydrogen (secondary N) is 1. The molecule has 2 aromatic rings. The Morgan fingerprint density at radius 3 is 2.82 bits per heavy atom. The molecule has 6 nitrogen and oxygen atoms in total. The van der Waals surface area contributed by atoms with Gasteiger partial charge in [0.25, 0.3) is 11.5 Å². The minimum Gasteiger partial charge on any atom is -0.274 e. The largest absolute Gasteiger partial charge is 0.286 e. The first kappa shape index (κ1) is 9.71. The van der Waals surface area contributed by atoms with Crippen molar-refractivity contribution in [3.8, 4) is 0 Å². The average Bonchev–Trinajstić information content (AvgIpc) is 2.58. The Hall–Kier alpha value is -2.50. The molecule has 0 radical (unpaired) electrons. The lowest BCUT2D eigenvalue weighted by atomic mass is 10.1. The third-order valence-corrected chi connectivity index (χ3v) is 2.75. The van der Waals surface area contributed by atoms with Gasteiger partial charge in [0.15, 0.2) is 5.69 Å². The highest BCUT2D eigenvalue weighted by molar-refractivity contribution is 6.32. The lowest BCUT2D eigenvalue weighted by Gasteiger charge is -2.11. The summed E-state index contributed by atoms with van der Waals surface area (Å²) in [4.78, 5) is 36.0. The molecule has 0 spiro atoms. The van der Waals surface area contributed by atoms with E-state index in [9.17, 15) is 14.4 Å². The second-order valence-corrected chi connectivity index (χ2v) is 3.76. The fourth-order valence-corrected chi connectivity index (χ4v) is 2.07. The van der Waals surface area contributed by atoms with Gasteiger partial charge in [-0.1, -0.05) is 6.07 Å². The van der Waals surface area contributed by atoms with E-state index in [-0.39, 0.29) is 11.3 Å². The molecule has 1 N–H and O–H groups in total. The SMILES string of the molecule is CC(=O)N1C(=O)c2n[nH]c(=O)c3cccc1c23. The standard InChI is InChI=1S/C11H7N3O3/c1-5(15)14-7-4-2-3-6-8(7)9(11(14)17)12-13-10(6)16/h2-4H,1H3,(H,13,16). The number of carbonyl (C=O) groups excluding carboxylic acids is 2. The van der Waals surface area contributed by atoms with Crippen molar-refractivity contribution in [1.29, 1.82) is 0 Å². The van der Waals surface area contributed by atoms with Crippen molar-refractivity contribution in [2.45, 2.75) is 6.92 Å². The lowest BCUT2D eigenvalue weighted by Crippen LogP contribution is -2.31. The molecule has 3 rings (SSSR count). The van der Waals surface area contributed by atoms with E-state index in [0.29, 0.717) is 16.5 Å². The van der Waals surface area contributed by atoms with E-state index in [2.05, 4.69) is 10.2 Å². The predicted octanol–water partition coefficient (Wildman–Crippen LogP) is 0.430. The van der Waals surface area contributed by atoms with Crippen LogP contribution in [0.1, 0.15) is 17.4 Å². The zero-order valence-corrected chi connectivity index (χ0v) is 8.85. The summed E-state index contributed by atoms with van der Waals surface area (Å²) in [6.07, 6.45) is 0. The summed E-state index contributed by atoms with van der Waals surface area (Å²) in [5.41, 5.74) is 0.169. The molecule has 1 aliphatic rings. The first-order valence-corrected chi connectivity index (χ1v) is 4.97. The summed E-state index contributed by atoms with van der Waals surface area (Å²) in [5, 5.41) is 6.77. The number of rotatable bonds is 0. The summed E-state index contributed by atoms with van der Waals surface area (Å²) >= 11 is 0. The summed E-state index contributed by atoms with van der Waals surface area (Å²) in [7, 11) is 0. The van der Waals surface area contributed by atoms with Crippen molar-refractivity contribution < 1.29 is 9.59 Å². The number of H-pyrrole nitrogens is 1. The van der Waals surface area contributed by atoms with Crippen LogP contribution in [-0.2, 0) is 4.79 Å². The van der Waals surface area contributed by atoms with Gasteiger partial charge in [0, 0.05) is 12.3 Å². The van der Waals surface area contributed by atoms with Gasteiger partial charge in [-0.15, -0.1) is 0 Å². The zero-order valence-electron chi connectivity index (χ0n) is 8.85. The van der Waals surface area contributed by atoms with Crippen LogP contribution in [0.15, 0.2) is 23.0 Å². The molecule has 2 amide bonds. The normalized spacial score (nSPS) is 13.5. The highest BCUT2D eigenvalue weighted by Crippen LogP contribution is 2.34. The van der Waals surface area contributed by atoms with E-state index in [1.807, 2.05) is 0 Å². The monoisotopic (exact) mass is 229 g/mol. The quantitative estimate of drug-likeness (QED) is 0.710. The van der Waals surface area contributed by atoms with Crippen molar-refractivity contribution in [1.82, 2.24) is 10.2 Å². The van der Waals surface area contributed by atoms with Crippen LogP contribution in [-0.4, -0.2) is 22.0 Å². The van der Waals surface area contributed by atoms with E-state index in [0.717, 1.165) is 4.90 Å². The highest BCUT2D eigenvalue weighted by atomic mass is 16.2. The Morgan fingerprint density at radius 2 is 2.12 bits per heavy atom. The molecular formula is C11H7N3O3. The van der Waals surface area contributed by atoms with Gasteiger partial charge in [0.05, 0.1) is 11.1 Å². The van der Waals surface area contributed by atoms with Crippen LogP contribution >= 0.6 is 0 Å². The second-order valence-electron chi connectivity index (χ2n) is 3.76. The molecule has 0 aliphatic carbocycles. The van der Waals surface area contributed by atoms with Crippen LogP contribution < -0.4 is 10.5 Å². The summed E-state index contributed by atoms with van der Waals surface area (Å²) in [6.45, 7) is 1.30. The fourth-order valence-electron chi connectivity index (χ4n) is 2.07. The molecule has 0 fully saturated rings. The maximum absolute atomic E-state index is 12.0. The first-order valence-electron chi connectivity index (χ1n) is 4.97. The van der Waals surface area contributed by atoms with Crippen molar-refractivity contribution in [3.05, 3.63) is 34.2 Å². The molecule has 84 valence electrons. The average molecular weight is 229 g/mol. The van der Waals surface area contributed by atoms with Gasteiger partial charge in [-0.05, 0) is 12.1 Å². The van der Waals surface area contributed by atoms with Gasteiger partial charge in [-0.2, -0.15) is 5.10 Å². The number of imide groups is 1. The molecule has 6 heteroatoms. The molecule has 0 bridgehead atoms. The van der Waals surface area contributed by atoms with Crippen molar-refractivity contribution >= 4 is 28.3 Å². The van der Waals surface area contributed by atoms with Gasteiger partial charge in [0.1, 0.15) is 0 Å². The Bertz CT molecular complexity index is 732. The van der Waals surface area contributed by atoms with Crippen LogP contribution in [0.3, 0.4) is 0 Å². The Kier molecular flexibility index (Phi) is 1.72. The van der Waals surface area contributed by atoms with Gasteiger partial charge in [-0.25, -0.2) is 10.00 Å². The van der Waals surface area contributed by atoms with E-state index in [1.54, 1.807) is 18.2 Å². The van der Waals surface area contributed by atoms with E-state index >= 15 is 0 Å². The lowest BCUT2D eigenvalue weighted by molar-refractivity contribution is -0.115. The molecule has 0 atom stereocenters. The molecule has 2 heterocycles. The van der Waals surface area contributed by atoms with Gasteiger partial charge >= 0.3 is 0 Å². The predicted molar refractivity (Wildman–Crippen MR) is 59.9 cm³/mol. The molecule has 0 saturated carbocycles. The summed E-state index contributed by atoms with van der Waals surface area (Å²) in [5.74, 6) is -0.895. The van der Waals surface area contributed by atoms with Crippen molar-refractivity contribution in [2.75, 3.05) is 4.90 Å². The molecule has 1 aromatic heterocycles. The van der Waals surface area contributed by atoms with Crippen LogP contribution in [0.25, 0.3) is 10.8 Å². The van der Waals surface area contributed by atoms with Gasteiger partial charge in [-0.3, -0.25) is 14.4 Å². The highest BCUT2D eigenvalue weighted by Gasteiger charge is 2.34. The number of anilines is 1. The number of hydrogen-bond donors (Lipinski definition) is 1. The van der Waals surface area contributed by atoms with E-state index < -0.39 is 11.8 Å². The Labute approximate surface area is 94.9 Å². The fraction of sp³-hybridized carbons (Fsp3) is 0.0909. The van der Waals surface area contributed by atoms with E-state index in [4.69, 9.17) is 0 Å². The summed E-state index contributed by atoms with van der Waals surface area (Å²) in [6, 6.07) is 4.85. The molecule has 1 aromatic carbocycles. The van der Waals surface area contributed by atoms with E-state index in [1.165, 1.54) is 6.92 Å². The van der Waals surface area contributed by atoms with Crippen LogP contribution in [0, 0.1) is 0 Å². The molecule has 17 heavy (non-hydrogen) atoms. The maximum atomic E-state index is 12.0. The maximum Gasteiger partial charge on any atom is 0.286 e.